The minimum absolute atomic E-state index is 0.406. The number of nitrogens with zero attached hydrogens (tertiary/aromatic N) is 3. The normalized spacial score (nSPS) is 13.6. The largest absolute Gasteiger partial charge is 0.292 e. The van der Waals surface area contributed by atoms with Crippen molar-refractivity contribution in [3.63, 3.8) is 0 Å². The zero-order valence-corrected chi connectivity index (χ0v) is 32.5. The van der Waals surface area contributed by atoms with Gasteiger partial charge in [-0.2, -0.15) is 0 Å². The van der Waals surface area contributed by atoms with Crippen LogP contribution in [0.2, 0.25) is 0 Å². The van der Waals surface area contributed by atoms with E-state index in [0.29, 0.717) is 0 Å². The van der Waals surface area contributed by atoms with Crippen molar-refractivity contribution < 1.29 is 0 Å². The third-order valence-corrected chi connectivity index (χ3v) is 14.3. The van der Waals surface area contributed by atoms with Crippen LogP contribution >= 0.6 is 11.3 Å². The highest BCUT2D eigenvalue weighted by Gasteiger charge is 2.51. The van der Waals surface area contributed by atoms with E-state index in [1.54, 1.807) is 11.3 Å². The number of hydrogen-bond acceptors (Lipinski definition) is 3. The predicted molar refractivity (Wildman–Crippen MR) is 246 cm³/mol. The highest BCUT2D eigenvalue weighted by atomic mass is 32.1. The van der Waals surface area contributed by atoms with E-state index < -0.39 is 5.41 Å². The monoisotopic (exact) mass is 765 g/mol. The number of fused-ring (bicyclic) bond motifs is 19. The molecule has 3 heterocycles. The summed E-state index contributed by atoms with van der Waals surface area (Å²) in [6, 6.07) is 69.4. The van der Waals surface area contributed by atoms with Crippen molar-refractivity contribution in [1.82, 2.24) is 14.5 Å². The standard InChI is InChI=1S/C55H31N3S/c1-2-15-34-31-48-42(29-33(34)14-1)50-36-16-4-3-13-32(36)26-28-47(50)58(48)53-51(57-54-52(56-53)40-20-8-12-24-49(40)59-54)35-25-27-46-41(30-35)39-19-7-11-23-45(39)55(46)43-21-9-5-17-37(43)38-18-6-10-22-44(38)55/h1-31H. The predicted octanol–water partition coefficient (Wildman–Crippen LogP) is 14.3. The van der Waals surface area contributed by atoms with E-state index in [9.17, 15) is 0 Å². The first-order chi connectivity index (χ1) is 29.3. The van der Waals surface area contributed by atoms with Gasteiger partial charge in [-0.25, -0.2) is 9.97 Å². The number of benzene rings is 9. The Morgan fingerprint density at radius 3 is 1.76 bits per heavy atom. The van der Waals surface area contributed by atoms with Gasteiger partial charge in [0.1, 0.15) is 16.0 Å². The van der Waals surface area contributed by atoms with Gasteiger partial charge >= 0.3 is 0 Å². The fourth-order valence-electron chi connectivity index (χ4n) is 10.8. The van der Waals surface area contributed by atoms with Gasteiger partial charge in [0.2, 0.25) is 0 Å². The van der Waals surface area contributed by atoms with Gasteiger partial charge < -0.3 is 0 Å². The Hall–Kier alpha value is -7.40. The van der Waals surface area contributed by atoms with Crippen LogP contribution in [0.3, 0.4) is 0 Å². The Bertz CT molecular complexity index is 3770. The van der Waals surface area contributed by atoms with Crippen LogP contribution < -0.4 is 0 Å². The summed E-state index contributed by atoms with van der Waals surface area (Å²) in [6.07, 6.45) is 0. The zero-order chi connectivity index (χ0) is 38.4. The first-order valence-corrected chi connectivity index (χ1v) is 21.1. The van der Waals surface area contributed by atoms with Crippen LogP contribution in [0, 0.1) is 0 Å². The van der Waals surface area contributed by atoms with E-state index in [2.05, 4.69) is 193 Å². The van der Waals surface area contributed by atoms with E-state index in [1.165, 1.54) is 81.5 Å². The first kappa shape index (κ1) is 31.7. The van der Waals surface area contributed by atoms with Gasteiger partial charge in [0.25, 0.3) is 0 Å². The fourth-order valence-corrected chi connectivity index (χ4v) is 11.8. The molecule has 9 aromatic carbocycles. The molecule has 14 rings (SSSR count). The molecule has 272 valence electrons. The van der Waals surface area contributed by atoms with Crippen LogP contribution in [0.1, 0.15) is 22.3 Å². The first-order valence-electron chi connectivity index (χ1n) is 20.2. The Kier molecular flexibility index (Phi) is 6.10. The molecule has 59 heavy (non-hydrogen) atoms. The van der Waals surface area contributed by atoms with Gasteiger partial charge in [0, 0.05) is 26.4 Å². The second-order valence-electron chi connectivity index (χ2n) is 16.0. The summed E-state index contributed by atoms with van der Waals surface area (Å²) in [5.41, 5.74) is 15.2. The molecule has 12 aromatic rings. The molecule has 0 radical (unpaired) electrons. The molecule has 3 nitrogen and oxygen atoms in total. The summed E-state index contributed by atoms with van der Waals surface area (Å²) in [7, 11) is 0. The molecule has 0 N–H and O–H groups in total. The lowest BCUT2D eigenvalue weighted by Crippen LogP contribution is -2.25. The maximum atomic E-state index is 5.72. The molecule has 2 aliphatic rings. The average molecular weight is 766 g/mol. The van der Waals surface area contributed by atoms with Crippen molar-refractivity contribution in [2.24, 2.45) is 0 Å². The molecule has 0 amide bonds. The molecule has 0 aliphatic heterocycles. The third kappa shape index (κ3) is 4.01. The van der Waals surface area contributed by atoms with E-state index in [1.807, 2.05) is 0 Å². The summed E-state index contributed by atoms with van der Waals surface area (Å²) in [6.45, 7) is 0. The van der Waals surface area contributed by atoms with Crippen molar-refractivity contribution in [2.45, 2.75) is 5.41 Å². The second kappa shape index (κ2) is 11.4. The summed E-state index contributed by atoms with van der Waals surface area (Å²) < 4.78 is 3.58. The average Bonchev–Trinajstić information content (AvgIpc) is 4.01. The molecule has 0 saturated carbocycles. The van der Waals surface area contributed by atoms with Gasteiger partial charge in [-0.3, -0.25) is 4.57 Å². The zero-order valence-electron chi connectivity index (χ0n) is 31.6. The highest BCUT2D eigenvalue weighted by molar-refractivity contribution is 7.25. The Balaban J connectivity index is 1.11. The van der Waals surface area contributed by atoms with Crippen LogP contribution in [0.5, 0.6) is 0 Å². The quantitative estimate of drug-likeness (QED) is 0.175. The second-order valence-corrected chi connectivity index (χ2v) is 17.1. The van der Waals surface area contributed by atoms with Gasteiger partial charge in [0.15, 0.2) is 5.82 Å². The molecule has 0 fully saturated rings. The Labute approximate surface area is 343 Å². The molecule has 3 aromatic heterocycles. The fraction of sp³-hybridized carbons (Fsp3) is 0.0182. The molecule has 0 atom stereocenters. The van der Waals surface area contributed by atoms with E-state index in [-0.39, 0.29) is 0 Å². The smallest absolute Gasteiger partial charge is 0.165 e. The maximum absolute atomic E-state index is 5.72. The third-order valence-electron chi connectivity index (χ3n) is 13.2. The summed E-state index contributed by atoms with van der Waals surface area (Å²) in [5.74, 6) is 0.837. The number of hydrogen-bond donors (Lipinski definition) is 0. The molecule has 0 unspecified atom stereocenters. The van der Waals surface area contributed by atoms with Crippen molar-refractivity contribution in [1.29, 1.82) is 0 Å². The van der Waals surface area contributed by atoms with Crippen LogP contribution in [0.15, 0.2) is 188 Å². The molecule has 1 spiro atoms. The van der Waals surface area contributed by atoms with Crippen molar-refractivity contribution >= 4 is 75.1 Å². The number of rotatable bonds is 2. The lowest BCUT2D eigenvalue weighted by Gasteiger charge is -2.30. The van der Waals surface area contributed by atoms with Crippen LogP contribution in [0.4, 0.5) is 0 Å². The van der Waals surface area contributed by atoms with E-state index in [4.69, 9.17) is 9.97 Å². The summed E-state index contributed by atoms with van der Waals surface area (Å²) in [4.78, 5) is 12.3. The Morgan fingerprint density at radius 1 is 0.424 bits per heavy atom. The topological polar surface area (TPSA) is 30.7 Å². The minimum atomic E-state index is -0.406. The van der Waals surface area contributed by atoms with E-state index >= 15 is 0 Å². The summed E-state index contributed by atoms with van der Waals surface area (Å²) in [5, 5.41) is 8.45. The lowest BCUT2D eigenvalue weighted by molar-refractivity contribution is 0.794. The highest BCUT2D eigenvalue weighted by Crippen LogP contribution is 2.63. The van der Waals surface area contributed by atoms with Crippen LogP contribution in [-0.4, -0.2) is 14.5 Å². The van der Waals surface area contributed by atoms with Crippen molar-refractivity contribution in [2.75, 3.05) is 0 Å². The SMILES string of the molecule is c1ccc2c(c1)-c1ccccc1C21c2ccccc2-c2cc(-c3nc4sc5ccccc5c4nc3-n3c4cc5ccccc5cc4c4c5ccccc5ccc43)ccc21. The lowest BCUT2D eigenvalue weighted by atomic mass is 9.70. The Morgan fingerprint density at radius 2 is 1.02 bits per heavy atom. The molecule has 2 aliphatic carbocycles. The molecule has 0 bridgehead atoms. The minimum Gasteiger partial charge on any atom is -0.292 e. The molecule has 4 heteroatoms. The van der Waals surface area contributed by atoms with Gasteiger partial charge in [-0.15, -0.1) is 11.3 Å². The van der Waals surface area contributed by atoms with Crippen molar-refractivity contribution in [3.05, 3.63) is 210 Å². The molecular weight excluding hydrogens is 735 g/mol. The van der Waals surface area contributed by atoms with E-state index in [0.717, 1.165) is 43.8 Å². The van der Waals surface area contributed by atoms with Crippen LogP contribution in [-0.2, 0) is 5.41 Å². The van der Waals surface area contributed by atoms with Gasteiger partial charge in [-0.1, -0.05) is 158 Å². The summed E-state index contributed by atoms with van der Waals surface area (Å²) >= 11 is 1.72. The van der Waals surface area contributed by atoms with Gasteiger partial charge in [0.05, 0.1) is 16.4 Å². The molecule has 0 saturated heterocycles. The van der Waals surface area contributed by atoms with Crippen molar-refractivity contribution in [3.8, 4) is 39.3 Å². The van der Waals surface area contributed by atoms with Crippen LogP contribution in [0.25, 0.3) is 103 Å². The number of aromatic nitrogens is 3. The molecular formula is C55H31N3S. The maximum Gasteiger partial charge on any atom is 0.165 e. The number of thiophene rings is 1. The van der Waals surface area contributed by atoms with Gasteiger partial charge in [-0.05, 0) is 96.4 Å².